The molecule has 106 valence electrons. The van der Waals surface area contributed by atoms with Crippen molar-refractivity contribution < 1.29 is 9.47 Å². The fourth-order valence-electron chi connectivity index (χ4n) is 2.17. The average Bonchev–Trinajstić information content (AvgIpc) is 2.46. The molecular formula is C17H12Cl2O2. The molecule has 0 aliphatic carbocycles. The van der Waals surface area contributed by atoms with Crippen molar-refractivity contribution in [3.05, 3.63) is 64.6 Å². The minimum Gasteiger partial charge on any atom is -0.497 e. The first-order valence-corrected chi connectivity index (χ1v) is 7.12. The van der Waals surface area contributed by atoms with Gasteiger partial charge < -0.3 is 9.47 Å². The van der Waals surface area contributed by atoms with Crippen LogP contribution in [0.1, 0.15) is 0 Å². The van der Waals surface area contributed by atoms with Gasteiger partial charge in [-0.15, -0.1) is 0 Å². The van der Waals surface area contributed by atoms with Gasteiger partial charge in [-0.1, -0.05) is 47.5 Å². The predicted octanol–water partition coefficient (Wildman–Crippen LogP) is 5.95. The quantitative estimate of drug-likeness (QED) is 0.594. The van der Waals surface area contributed by atoms with Gasteiger partial charge >= 0.3 is 0 Å². The van der Waals surface area contributed by atoms with E-state index in [1.807, 2.05) is 30.3 Å². The molecule has 0 fully saturated rings. The van der Waals surface area contributed by atoms with Crippen LogP contribution in [0.2, 0.25) is 10.0 Å². The Labute approximate surface area is 132 Å². The predicted molar refractivity (Wildman–Crippen MR) is 87.0 cm³/mol. The van der Waals surface area contributed by atoms with Crippen molar-refractivity contribution in [1.82, 2.24) is 0 Å². The van der Waals surface area contributed by atoms with Crippen LogP contribution in [0.25, 0.3) is 10.8 Å². The molecule has 2 nitrogen and oxygen atoms in total. The number of hydrogen-bond acceptors (Lipinski definition) is 2. The number of hydrogen-bond donors (Lipinski definition) is 0. The lowest BCUT2D eigenvalue weighted by Crippen LogP contribution is -1.89. The van der Waals surface area contributed by atoms with Gasteiger partial charge in [-0.3, -0.25) is 0 Å². The molecule has 4 heteroatoms. The largest absolute Gasteiger partial charge is 0.497 e. The lowest BCUT2D eigenvalue weighted by molar-refractivity contribution is 0.409. The number of rotatable bonds is 3. The third kappa shape index (κ3) is 3.07. The summed E-state index contributed by atoms with van der Waals surface area (Å²) in [6.07, 6.45) is 0. The van der Waals surface area contributed by atoms with Gasteiger partial charge in [0.25, 0.3) is 0 Å². The van der Waals surface area contributed by atoms with Gasteiger partial charge in [0.05, 0.1) is 7.11 Å². The van der Waals surface area contributed by atoms with Crippen LogP contribution in [0.3, 0.4) is 0 Å². The van der Waals surface area contributed by atoms with Gasteiger partial charge in [0.15, 0.2) is 0 Å². The van der Waals surface area contributed by atoms with Crippen LogP contribution < -0.4 is 9.47 Å². The number of benzene rings is 3. The average molecular weight is 319 g/mol. The Morgan fingerprint density at radius 1 is 0.810 bits per heavy atom. The van der Waals surface area contributed by atoms with Crippen molar-refractivity contribution in [3.63, 3.8) is 0 Å². The normalized spacial score (nSPS) is 10.6. The molecule has 0 spiro atoms. The summed E-state index contributed by atoms with van der Waals surface area (Å²) in [7, 11) is 1.59. The molecule has 3 aromatic rings. The fraction of sp³-hybridized carbons (Fsp3) is 0.0588. The van der Waals surface area contributed by atoms with E-state index in [9.17, 15) is 0 Å². The Kier molecular flexibility index (Phi) is 3.91. The summed E-state index contributed by atoms with van der Waals surface area (Å²) in [4.78, 5) is 0. The first-order chi connectivity index (χ1) is 10.2. The Bertz CT molecular complexity index is 800. The second-order valence-electron chi connectivity index (χ2n) is 4.55. The first kappa shape index (κ1) is 14.1. The van der Waals surface area contributed by atoms with Crippen LogP contribution in [-0.4, -0.2) is 7.11 Å². The maximum absolute atomic E-state index is 6.15. The van der Waals surface area contributed by atoms with Gasteiger partial charge in [0.1, 0.15) is 17.2 Å². The van der Waals surface area contributed by atoms with Crippen molar-refractivity contribution in [3.8, 4) is 17.2 Å². The lowest BCUT2D eigenvalue weighted by atomic mass is 10.1. The van der Waals surface area contributed by atoms with Crippen molar-refractivity contribution >= 4 is 34.0 Å². The highest BCUT2D eigenvalue weighted by atomic mass is 35.5. The molecule has 0 amide bonds. The van der Waals surface area contributed by atoms with Gasteiger partial charge in [0, 0.05) is 27.6 Å². The third-order valence-corrected chi connectivity index (χ3v) is 3.53. The molecule has 0 radical (unpaired) electrons. The Morgan fingerprint density at radius 2 is 1.52 bits per heavy atom. The van der Waals surface area contributed by atoms with E-state index in [1.165, 1.54) is 0 Å². The van der Waals surface area contributed by atoms with Gasteiger partial charge in [-0.25, -0.2) is 0 Å². The van der Waals surface area contributed by atoms with Crippen molar-refractivity contribution in [2.24, 2.45) is 0 Å². The summed E-state index contributed by atoms with van der Waals surface area (Å²) < 4.78 is 11.1. The highest BCUT2D eigenvalue weighted by Gasteiger charge is 2.07. The van der Waals surface area contributed by atoms with Crippen molar-refractivity contribution in [1.29, 1.82) is 0 Å². The van der Waals surface area contributed by atoms with Gasteiger partial charge in [0.2, 0.25) is 0 Å². The molecule has 0 bridgehead atoms. The van der Waals surface area contributed by atoms with Gasteiger partial charge in [-0.2, -0.15) is 0 Å². The van der Waals surface area contributed by atoms with E-state index in [-0.39, 0.29) is 0 Å². The van der Waals surface area contributed by atoms with E-state index in [4.69, 9.17) is 32.7 Å². The molecule has 0 saturated carbocycles. The summed E-state index contributed by atoms with van der Waals surface area (Å²) in [6, 6.07) is 16.8. The summed E-state index contributed by atoms with van der Waals surface area (Å²) in [5, 5.41) is 3.18. The monoisotopic (exact) mass is 318 g/mol. The maximum atomic E-state index is 6.15. The lowest BCUT2D eigenvalue weighted by Gasteiger charge is -2.11. The molecule has 0 unspecified atom stereocenters. The van der Waals surface area contributed by atoms with E-state index in [1.54, 1.807) is 31.4 Å². The van der Waals surface area contributed by atoms with E-state index in [0.29, 0.717) is 27.3 Å². The molecule has 0 saturated heterocycles. The zero-order valence-corrected chi connectivity index (χ0v) is 12.8. The summed E-state index contributed by atoms with van der Waals surface area (Å²) >= 11 is 12.2. The molecule has 3 rings (SSSR count). The minimum atomic E-state index is 0.552. The molecule has 3 aromatic carbocycles. The molecule has 0 N–H and O–H groups in total. The SMILES string of the molecule is COc1cc(Cl)cc(Oc2cc(Cl)cc3ccccc23)c1. The maximum Gasteiger partial charge on any atom is 0.136 e. The molecule has 0 atom stereocenters. The molecule has 0 heterocycles. The summed E-state index contributed by atoms with van der Waals surface area (Å²) in [5.41, 5.74) is 0. The Morgan fingerprint density at radius 3 is 2.33 bits per heavy atom. The van der Waals surface area contributed by atoms with E-state index in [2.05, 4.69) is 0 Å². The molecule has 21 heavy (non-hydrogen) atoms. The second-order valence-corrected chi connectivity index (χ2v) is 5.43. The Hall–Kier alpha value is -1.90. The molecular weight excluding hydrogens is 307 g/mol. The van der Waals surface area contributed by atoms with Crippen LogP contribution in [0.5, 0.6) is 17.2 Å². The van der Waals surface area contributed by atoms with Crippen LogP contribution in [0.4, 0.5) is 0 Å². The summed E-state index contributed by atoms with van der Waals surface area (Å²) in [6.45, 7) is 0. The van der Waals surface area contributed by atoms with E-state index in [0.717, 1.165) is 10.8 Å². The number of ether oxygens (including phenoxy) is 2. The number of methoxy groups -OCH3 is 1. The standard InChI is InChI=1S/C17H12Cl2O2/c1-20-14-7-13(19)8-15(10-14)21-17-9-12(18)6-11-4-2-3-5-16(11)17/h2-10H,1H3. The van der Waals surface area contributed by atoms with Crippen LogP contribution in [-0.2, 0) is 0 Å². The molecule has 0 aliphatic rings. The summed E-state index contributed by atoms with van der Waals surface area (Å²) in [5.74, 6) is 1.93. The molecule has 0 aromatic heterocycles. The van der Waals surface area contributed by atoms with E-state index >= 15 is 0 Å². The van der Waals surface area contributed by atoms with Crippen LogP contribution in [0.15, 0.2) is 54.6 Å². The van der Waals surface area contributed by atoms with Crippen molar-refractivity contribution in [2.75, 3.05) is 7.11 Å². The zero-order valence-electron chi connectivity index (χ0n) is 11.3. The van der Waals surface area contributed by atoms with Crippen LogP contribution in [0, 0.1) is 0 Å². The highest BCUT2D eigenvalue weighted by molar-refractivity contribution is 6.31. The Balaban J connectivity index is 2.07. The minimum absolute atomic E-state index is 0.552. The molecule has 0 aliphatic heterocycles. The first-order valence-electron chi connectivity index (χ1n) is 6.36. The topological polar surface area (TPSA) is 18.5 Å². The third-order valence-electron chi connectivity index (χ3n) is 3.10. The number of fused-ring (bicyclic) bond motifs is 1. The number of halogens is 2. The van der Waals surface area contributed by atoms with E-state index < -0.39 is 0 Å². The van der Waals surface area contributed by atoms with Gasteiger partial charge in [-0.05, 0) is 23.6 Å². The second kappa shape index (κ2) is 5.84. The zero-order chi connectivity index (χ0) is 14.8. The smallest absolute Gasteiger partial charge is 0.136 e. The highest BCUT2D eigenvalue weighted by Crippen LogP contribution is 2.35. The fourth-order valence-corrected chi connectivity index (χ4v) is 2.60. The van der Waals surface area contributed by atoms with Crippen LogP contribution >= 0.6 is 23.2 Å². The van der Waals surface area contributed by atoms with Crippen molar-refractivity contribution in [2.45, 2.75) is 0 Å².